The number of carbonyl (C=O) groups is 2. The van der Waals surface area contributed by atoms with Crippen LogP contribution in [0.4, 0.5) is 10.1 Å². The molecule has 3 aromatic rings. The molecule has 2 fully saturated rings. The summed E-state index contributed by atoms with van der Waals surface area (Å²) in [5, 5.41) is 7.66. The normalized spacial score (nSPS) is 23.0. The van der Waals surface area contributed by atoms with E-state index in [1.807, 2.05) is 19.9 Å². The molecule has 1 saturated heterocycles. The highest BCUT2D eigenvalue weighted by molar-refractivity contribution is 6.34. The number of nitrogens with zero attached hydrogens (tertiary/aromatic N) is 4. The molecule has 1 aromatic carbocycles. The van der Waals surface area contributed by atoms with E-state index in [9.17, 15) is 14.0 Å². The molecule has 0 radical (unpaired) electrons. The Bertz CT molecular complexity index is 1270. The highest BCUT2D eigenvalue weighted by atomic mass is 35.5. The molecule has 2 aromatic heterocycles. The smallest absolute Gasteiger partial charge is 0.256 e. The lowest BCUT2D eigenvalue weighted by Crippen LogP contribution is -2.44. The molecule has 3 heterocycles. The van der Waals surface area contributed by atoms with E-state index in [1.54, 1.807) is 21.7 Å². The van der Waals surface area contributed by atoms with E-state index in [4.69, 9.17) is 11.6 Å². The number of benzene rings is 1. The first-order valence-electron chi connectivity index (χ1n) is 11.2. The van der Waals surface area contributed by atoms with Gasteiger partial charge in [-0.3, -0.25) is 9.59 Å². The maximum atomic E-state index is 13.4. The maximum Gasteiger partial charge on any atom is 0.256 e. The summed E-state index contributed by atoms with van der Waals surface area (Å²) in [4.78, 5) is 32.4. The summed E-state index contributed by atoms with van der Waals surface area (Å²) in [6, 6.07) is 6.03. The average Bonchev–Trinajstić information content (AvgIpc) is 3.32. The van der Waals surface area contributed by atoms with Gasteiger partial charge in [0.25, 0.3) is 5.91 Å². The second kappa shape index (κ2) is 8.09. The van der Waals surface area contributed by atoms with E-state index < -0.39 is 11.2 Å². The number of amides is 2. The fourth-order valence-corrected chi connectivity index (χ4v) is 5.49. The number of halogens is 2. The van der Waals surface area contributed by atoms with Crippen molar-refractivity contribution in [3.63, 3.8) is 0 Å². The van der Waals surface area contributed by atoms with Gasteiger partial charge in [-0.05, 0) is 70.2 Å². The Balaban J connectivity index is 1.26. The van der Waals surface area contributed by atoms with Crippen LogP contribution in [0, 0.1) is 25.1 Å². The monoisotopic (exact) mass is 469 g/mol. The summed E-state index contributed by atoms with van der Waals surface area (Å²) in [6.45, 7) is 4.38. The molecule has 1 aliphatic carbocycles. The van der Waals surface area contributed by atoms with Crippen LogP contribution in [0.1, 0.15) is 53.8 Å². The largest absolute Gasteiger partial charge is 0.349 e. The number of hydrogen-bond acceptors (Lipinski definition) is 4. The minimum Gasteiger partial charge on any atom is -0.349 e. The van der Waals surface area contributed by atoms with Crippen molar-refractivity contribution in [1.29, 1.82) is 0 Å². The molecule has 2 aliphatic rings. The van der Waals surface area contributed by atoms with Crippen LogP contribution in [0.25, 0.3) is 5.65 Å². The Hall–Kier alpha value is -3.00. The Morgan fingerprint density at radius 3 is 2.70 bits per heavy atom. The van der Waals surface area contributed by atoms with Gasteiger partial charge in [0.15, 0.2) is 5.65 Å². The van der Waals surface area contributed by atoms with Gasteiger partial charge in [-0.25, -0.2) is 13.9 Å². The molecular formula is C24H25ClFN5O2. The van der Waals surface area contributed by atoms with E-state index >= 15 is 0 Å². The van der Waals surface area contributed by atoms with Crippen molar-refractivity contribution in [2.24, 2.45) is 5.41 Å². The third kappa shape index (κ3) is 3.76. The van der Waals surface area contributed by atoms with Crippen molar-refractivity contribution in [3.05, 3.63) is 58.3 Å². The molecule has 5 rings (SSSR count). The Kier molecular flexibility index (Phi) is 5.35. The number of aromatic nitrogens is 3. The summed E-state index contributed by atoms with van der Waals surface area (Å²) in [7, 11) is 0. The molecule has 1 N–H and O–H groups in total. The molecule has 0 unspecified atom stereocenters. The van der Waals surface area contributed by atoms with Crippen molar-refractivity contribution < 1.29 is 14.0 Å². The van der Waals surface area contributed by atoms with Gasteiger partial charge in [0.2, 0.25) is 5.91 Å². The summed E-state index contributed by atoms with van der Waals surface area (Å²) in [6.07, 6.45) is 5.10. The first-order valence-corrected chi connectivity index (χ1v) is 11.6. The van der Waals surface area contributed by atoms with Gasteiger partial charge in [0.1, 0.15) is 11.4 Å². The van der Waals surface area contributed by atoms with E-state index in [-0.39, 0.29) is 22.9 Å². The maximum absolute atomic E-state index is 13.4. The summed E-state index contributed by atoms with van der Waals surface area (Å²) >= 11 is 6.20. The third-order valence-corrected chi connectivity index (χ3v) is 7.32. The molecule has 0 bridgehead atoms. The average molecular weight is 470 g/mol. The highest BCUT2D eigenvalue weighted by Crippen LogP contribution is 2.47. The molecule has 9 heteroatoms. The van der Waals surface area contributed by atoms with Crippen molar-refractivity contribution in [2.45, 2.75) is 52.0 Å². The minimum absolute atomic E-state index is 0.0137. The zero-order chi connectivity index (χ0) is 23.3. The predicted molar refractivity (Wildman–Crippen MR) is 123 cm³/mol. The molecule has 33 heavy (non-hydrogen) atoms. The number of carbonyl (C=O) groups excluding carboxylic acids is 2. The van der Waals surface area contributed by atoms with Crippen molar-refractivity contribution in [2.75, 3.05) is 11.4 Å². The van der Waals surface area contributed by atoms with E-state index in [2.05, 4.69) is 15.4 Å². The standard InChI is InChI=1S/C24H25ClFN5O2/c1-14-11-15(2)31-21(28-14)18(13-27-31)22(32)29-17-5-7-24(8-6-17)9-10-30(23(24)33)20-4-3-16(26)12-19(20)25/h3-4,11-13,17H,5-10H2,1-2H3,(H,29,32)/t17-,24+. The Labute approximate surface area is 195 Å². The van der Waals surface area contributed by atoms with Gasteiger partial charge in [-0.2, -0.15) is 5.10 Å². The van der Waals surface area contributed by atoms with Gasteiger partial charge in [-0.1, -0.05) is 11.6 Å². The molecule has 2 amide bonds. The number of fused-ring (bicyclic) bond motifs is 1. The zero-order valence-electron chi connectivity index (χ0n) is 18.6. The summed E-state index contributed by atoms with van der Waals surface area (Å²) < 4.78 is 15.1. The minimum atomic E-state index is -0.445. The van der Waals surface area contributed by atoms with Crippen molar-refractivity contribution >= 4 is 34.7 Å². The second-order valence-electron chi connectivity index (χ2n) is 9.16. The van der Waals surface area contributed by atoms with Gasteiger partial charge in [-0.15, -0.1) is 0 Å². The second-order valence-corrected chi connectivity index (χ2v) is 9.57. The fraction of sp³-hybridized carbons (Fsp3) is 0.417. The predicted octanol–water partition coefficient (Wildman–Crippen LogP) is 4.23. The number of anilines is 1. The molecule has 1 saturated carbocycles. The van der Waals surface area contributed by atoms with Gasteiger partial charge in [0.05, 0.1) is 22.3 Å². The first-order chi connectivity index (χ1) is 15.8. The number of nitrogens with one attached hydrogen (secondary N) is 1. The van der Waals surface area contributed by atoms with Crippen LogP contribution < -0.4 is 10.2 Å². The van der Waals surface area contributed by atoms with Crippen molar-refractivity contribution in [1.82, 2.24) is 19.9 Å². The Morgan fingerprint density at radius 1 is 1.21 bits per heavy atom. The zero-order valence-corrected chi connectivity index (χ0v) is 19.3. The van der Waals surface area contributed by atoms with Gasteiger partial charge in [0, 0.05) is 24.0 Å². The molecule has 1 aliphatic heterocycles. The van der Waals surface area contributed by atoms with Crippen LogP contribution in [0.5, 0.6) is 0 Å². The van der Waals surface area contributed by atoms with Crippen LogP contribution in [0.15, 0.2) is 30.5 Å². The number of rotatable bonds is 3. The van der Waals surface area contributed by atoms with E-state index in [0.29, 0.717) is 49.1 Å². The van der Waals surface area contributed by atoms with Crippen LogP contribution in [-0.2, 0) is 4.79 Å². The highest BCUT2D eigenvalue weighted by Gasteiger charge is 2.49. The number of aryl methyl sites for hydroxylation is 2. The first kappa shape index (κ1) is 21.8. The quantitative estimate of drug-likeness (QED) is 0.622. The van der Waals surface area contributed by atoms with Crippen LogP contribution in [0.2, 0.25) is 5.02 Å². The molecular weight excluding hydrogens is 445 g/mol. The molecule has 7 nitrogen and oxygen atoms in total. The van der Waals surface area contributed by atoms with Crippen LogP contribution in [-0.4, -0.2) is 39.0 Å². The lowest BCUT2D eigenvalue weighted by molar-refractivity contribution is -0.127. The SMILES string of the molecule is Cc1cc(C)n2ncc(C(=O)N[C@H]3CC[C@]4(CCN(c5ccc(F)cc5Cl)C4=O)CC3)c2n1. The summed E-state index contributed by atoms with van der Waals surface area (Å²) in [5.74, 6) is -0.576. The van der Waals surface area contributed by atoms with E-state index in [0.717, 1.165) is 17.8 Å². The Morgan fingerprint density at radius 2 is 1.97 bits per heavy atom. The van der Waals surface area contributed by atoms with Crippen molar-refractivity contribution in [3.8, 4) is 0 Å². The lowest BCUT2D eigenvalue weighted by atomic mass is 9.71. The molecule has 1 spiro atoms. The van der Waals surface area contributed by atoms with Gasteiger partial charge < -0.3 is 10.2 Å². The van der Waals surface area contributed by atoms with Gasteiger partial charge >= 0.3 is 0 Å². The van der Waals surface area contributed by atoms with E-state index in [1.165, 1.54) is 12.1 Å². The summed E-state index contributed by atoms with van der Waals surface area (Å²) in [5.41, 5.74) is 2.87. The number of hydrogen-bond donors (Lipinski definition) is 1. The van der Waals surface area contributed by atoms with Crippen LogP contribution in [0.3, 0.4) is 0 Å². The topological polar surface area (TPSA) is 79.6 Å². The molecule has 0 atom stereocenters. The third-order valence-electron chi connectivity index (χ3n) is 7.01. The molecule has 172 valence electrons. The lowest BCUT2D eigenvalue weighted by Gasteiger charge is -2.36. The fourth-order valence-electron chi connectivity index (χ4n) is 5.22. The van der Waals surface area contributed by atoms with Crippen LogP contribution >= 0.6 is 11.6 Å².